The normalized spacial score (nSPS) is 11.8. The minimum absolute atomic E-state index is 0.00656. The van der Waals surface area contributed by atoms with Crippen molar-refractivity contribution in [1.82, 2.24) is 15.0 Å². The lowest BCUT2D eigenvalue weighted by Crippen LogP contribution is -2.21. The van der Waals surface area contributed by atoms with Crippen molar-refractivity contribution < 1.29 is 5.11 Å². The van der Waals surface area contributed by atoms with Crippen LogP contribution in [0.4, 0.5) is 11.8 Å². The lowest BCUT2D eigenvalue weighted by molar-refractivity contribution is 0.281. The summed E-state index contributed by atoms with van der Waals surface area (Å²) in [6.07, 6.45) is 3.50. The number of aliphatic hydroxyl groups excluding tert-OH is 1. The van der Waals surface area contributed by atoms with E-state index in [1.54, 1.807) is 12.4 Å². The van der Waals surface area contributed by atoms with Crippen molar-refractivity contribution in [2.45, 2.75) is 26.4 Å². The number of rotatable bonds is 7. The molecule has 0 unspecified atom stereocenters. The first-order valence-corrected chi connectivity index (χ1v) is 8.60. The number of nitrogens with one attached hydrogen (secondary N) is 2. The summed E-state index contributed by atoms with van der Waals surface area (Å²) in [4.78, 5) is 13.2. The van der Waals surface area contributed by atoms with E-state index in [1.165, 1.54) is 11.1 Å². The van der Waals surface area contributed by atoms with E-state index in [1.807, 2.05) is 25.1 Å². The maximum Gasteiger partial charge on any atom is 0.225 e. The maximum absolute atomic E-state index is 9.28. The molecule has 0 fully saturated rings. The number of aryl methyl sites for hydroxylation is 1. The van der Waals surface area contributed by atoms with E-state index in [-0.39, 0.29) is 12.6 Å². The predicted molar refractivity (Wildman–Crippen MR) is 104 cm³/mol. The summed E-state index contributed by atoms with van der Waals surface area (Å²) in [5.74, 6) is 1.19. The van der Waals surface area contributed by atoms with Crippen LogP contribution in [0.3, 0.4) is 0 Å². The van der Waals surface area contributed by atoms with Crippen LogP contribution in [0.5, 0.6) is 0 Å². The van der Waals surface area contributed by atoms with Gasteiger partial charge < -0.3 is 15.7 Å². The van der Waals surface area contributed by atoms with Gasteiger partial charge in [-0.05, 0) is 31.5 Å². The molecule has 0 spiro atoms. The van der Waals surface area contributed by atoms with Gasteiger partial charge in [0, 0.05) is 36.6 Å². The first-order valence-electron chi connectivity index (χ1n) is 8.60. The first kappa shape index (κ1) is 17.8. The Kier molecular flexibility index (Phi) is 5.76. The van der Waals surface area contributed by atoms with E-state index < -0.39 is 0 Å². The second-order valence-electron chi connectivity index (χ2n) is 6.27. The van der Waals surface area contributed by atoms with Crippen molar-refractivity contribution in [2.24, 2.45) is 0 Å². The second kappa shape index (κ2) is 8.40. The van der Waals surface area contributed by atoms with Crippen LogP contribution in [0, 0.1) is 6.92 Å². The summed E-state index contributed by atoms with van der Waals surface area (Å²) >= 11 is 0. The van der Waals surface area contributed by atoms with Gasteiger partial charge in [0.2, 0.25) is 5.95 Å². The molecular formula is C20H23N5O. The molecule has 2 aromatic heterocycles. The van der Waals surface area contributed by atoms with Gasteiger partial charge in [0.05, 0.1) is 12.3 Å². The molecule has 2 heterocycles. The molecule has 0 aliphatic carbocycles. The Balaban J connectivity index is 1.85. The molecule has 0 saturated carbocycles. The molecule has 6 heteroatoms. The van der Waals surface area contributed by atoms with Crippen LogP contribution in [0.15, 0.2) is 54.9 Å². The van der Waals surface area contributed by atoms with Gasteiger partial charge >= 0.3 is 0 Å². The molecule has 0 aliphatic heterocycles. The van der Waals surface area contributed by atoms with Crippen molar-refractivity contribution in [3.63, 3.8) is 0 Å². The maximum atomic E-state index is 9.28. The van der Waals surface area contributed by atoms with Crippen LogP contribution in [0.2, 0.25) is 0 Å². The molecule has 134 valence electrons. The standard InChI is InChI=1S/C20H23N5O/c1-14-5-7-16(8-6-14)11-22-19-10-18(17-4-3-9-21-12-17)24-20(25-19)23-15(2)13-26/h3-10,12,15,26H,11,13H2,1-2H3,(H2,22,23,24,25)/t15-/m0/s1. The Hall–Kier alpha value is -2.99. The van der Waals surface area contributed by atoms with Crippen molar-refractivity contribution in [1.29, 1.82) is 0 Å². The van der Waals surface area contributed by atoms with Gasteiger partial charge in [-0.25, -0.2) is 4.98 Å². The van der Waals surface area contributed by atoms with E-state index in [9.17, 15) is 5.11 Å². The zero-order valence-electron chi connectivity index (χ0n) is 15.0. The van der Waals surface area contributed by atoms with Gasteiger partial charge in [-0.3, -0.25) is 4.98 Å². The van der Waals surface area contributed by atoms with Crippen molar-refractivity contribution >= 4 is 11.8 Å². The Morgan fingerprint density at radius 2 is 1.92 bits per heavy atom. The average Bonchev–Trinajstić information content (AvgIpc) is 2.68. The van der Waals surface area contributed by atoms with E-state index in [4.69, 9.17) is 0 Å². The molecule has 0 amide bonds. The molecule has 0 bridgehead atoms. The molecule has 6 nitrogen and oxygen atoms in total. The molecule has 26 heavy (non-hydrogen) atoms. The fourth-order valence-electron chi connectivity index (χ4n) is 2.43. The monoisotopic (exact) mass is 349 g/mol. The summed E-state index contributed by atoms with van der Waals surface area (Å²) in [6, 6.07) is 14.0. The predicted octanol–water partition coefficient (Wildman–Crippen LogP) is 3.25. The van der Waals surface area contributed by atoms with E-state index in [0.717, 1.165) is 11.3 Å². The van der Waals surface area contributed by atoms with Crippen LogP contribution < -0.4 is 10.6 Å². The van der Waals surface area contributed by atoms with Crippen LogP contribution in [-0.4, -0.2) is 32.7 Å². The number of hydrogen-bond donors (Lipinski definition) is 3. The van der Waals surface area contributed by atoms with Gasteiger partial charge in [-0.1, -0.05) is 29.8 Å². The van der Waals surface area contributed by atoms with Crippen LogP contribution in [0.25, 0.3) is 11.3 Å². The number of pyridine rings is 1. The lowest BCUT2D eigenvalue weighted by Gasteiger charge is -2.14. The smallest absolute Gasteiger partial charge is 0.225 e. The highest BCUT2D eigenvalue weighted by molar-refractivity contribution is 5.63. The summed E-state index contributed by atoms with van der Waals surface area (Å²) in [5, 5.41) is 15.7. The third-order valence-corrected chi connectivity index (χ3v) is 3.93. The van der Waals surface area contributed by atoms with Crippen molar-refractivity contribution in [2.75, 3.05) is 17.2 Å². The Labute approximate surface area is 153 Å². The van der Waals surface area contributed by atoms with E-state index in [2.05, 4.69) is 56.8 Å². The molecule has 1 aromatic carbocycles. The highest BCUT2D eigenvalue weighted by Gasteiger charge is 2.09. The van der Waals surface area contributed by atoms with Crippen molar-refractivity contribution in [3.8, 4) is 11.3 Å². The Morgan fingerprint density at radius 3 is 2.62 bits per heavy atom. The van der Waals surface area contributed by atoms with E-state index in [0.29, 0.717) is 18.3 Å². The number of aliphatic hydroxyl groups is 1. The zero-order chi connectivity index (χ0) is 18.4. The Bertz CT molecular complexity index is 837. The second-order valence-corrected chi connectivity index (χ2v) is 6.27. The quantitative estimate of drug-likeness (QED) is 0.607. The van der Waals surface area contributed by atoms with Crippen molar-refractivity contribution in [3.05, 3.63) is 66.0 Å². The number of nitrogens with zero attached hydrogens (tertiary/aromatic N) is 3. The van der Waals surface area contributed by atoms with Gasteiger partial charge in [-0.2, -0.15) is 4.98 Å². The summed E-state index contributed by atoms with van der Waals surface area (Å²) in [5.41, 5.74) is 4.09. The minimum Gasteiger partial charge on any atom is -0.394 e. The molecule has 3 aromatic rings. The topological polar surface area (TPSA) is 83.0 Å². The fraction of sp³-hybridized carbons (Fsp3) is 0.250. The minimum atomic E-state index is -0.135. The molecule has 0 saturated heterocycles. The largest absolute Gasteiger partial charge is 0.394 e. The lowest BCUT2D eigenvalue weighted by atomic mass is 10.1. The number of aromatic nitrogens is 3. The summed E-state index contributed by atoms with van der Waals surface area (Å²) < 4.78 is 0. The highest BCUT2D eigenvalue weighted by Crippen LogP contribution is 2.21. The van der Waals surface area contributed by atoms with Crippen LogP contribution >= 0.6 is 0 Å². The molecule has 0 radical (unpaired) electrons. The molecule has 1 atom stereocenters. The number of anilines is 2. The molecular weight excluding hydrogens is 326 g/mol. The number of benzene rings is 1. The van der Waals surface area contributed by atoms with Gasteiger partial charge in [0.1, 0.15) is 5.82 Å². The molecule has 3 rings (SSSR count). The van der Waals surface area contributed by atoms with Gasteiger partial charge in [-0.15, -0.1) is 0 Å². The summed E-state index contributed by atoms with van der Waals surface area (Å²) in [7, 11) is 0. The number of hydrogen-bond acceptors (Lipinski definition) is 6. The van der Waals surface area contributed by atoms with Crippen LogP contribution in [0.1, 0.15) is 18.1 Å². The SMILES string of the molecule is Cc1ccc(CNc2cc(-c3cccnc3)nc(N[C@@H](C)CO)n2)cc1. The third-order valence-electron chi connectivity index (χ3n) is 3.93. The van der Waals surface area contributed by atoms with Crippen LogP contribution in [-0.2, 0) is 6.54 Å². The molecule has 0 aliphatic rings. The average molecular weight is 349 g/mol. The van der Waals surface area contributed by atoms with Gasteiger partial charge in [0.25, 0.3) is 0 Å². The fourth-order valence-corrected chi connectivity index (χ4v) is 2.43. The first-order chi connectivity index (χ1) is 12.6. The zero-order valence-corrected chi connectivity index (χ0v) is 15.0. The third kappa shape index (κ3) is 4.77. The highest BCUT2D eigenvalue weighted by atomic mass is 16.3. The Morgan fingerprint density at radius 1 is 1.12 bits per heavy atom. The van der Waals surface area contributed by atoms with E-state index >= 15 is 0 Å². The summed E-state index contributed by atoms with van der Waals surface area (Å²) in [6.45, 7) is 4.62. The van der Waals surface area contributed by atoms with Gasteiger partial charge in [0.15, 0.2) is 0 Å². The molecule has 3 N–H and O–H groups in total.